The summed E-state index contributed by atoms with van der Waals surface area (Å²) in [6.07, 6.45) is 1.33. The van der Waals surface area contributed by atoms with Gasteiger partial charge in [-0.15, -0.1) is 11.3 Å². The molecule has 198 valence electrons. The van der Waals surface area contributed by atoms with E-state index in [9.17, 15) is 21.6 Å². The van der Waals surface area contributed by atoms with Crippen LogP contribution in [0.3, 0.4) is 0 Å². The lowest BCUT2D eigenvalue weighted by Gasteiger charge is -2.27. The van der Waals surface area contributed by atoms with Crippen molar-refractivity contribution >= 4 is 42.1 Å². The predicted molar refractivity (Wildman–Crippen MR) is 145 cm³/mol. The van der Waals surface area contributed by atoms with Gasteiger partial charge in [0.2, 0.25) is 5.91 Å². The van der Waals surface area contributed by atoms with E-state index in [1.54, 1.807) is 37.3 Å². The van der Waals surface area contributed by atoms with Gasteiger partial charge in [0.15, 0.2) is 24.8 Å². The monoisotopic (exact) mass is 561 g/mol. The molecule has 8 nitrogen and oxygen atoms in total. The van der Waals surface area contributed by atoms with Crippen molar-refractivity contribution in [3.63, 3.8) is 0 Å². The average molecular weight is 562 g/mol. The molecule has 0 bridgehead atoms. The van der Waals surface area contributed by atoms with Gasteiger partial charge < -0.3 is 5.32 Å². The second-order valence-electron chi connectivity index (χ2n) is 9.61. The number of sulfone groups is 2. The van der Waals surface area contributed by atoms with E-state index in [2.05, 4.69) is 24.1 Å². The van der Waals surface area contributed by atoms with Gasteiger partial charge in [-0.1, -0.05) is 45.0 Å². The Morgan fingerprint density at radius 3 is 2.41 bits per heavy atom. The molecule has 1 amide bonds. The number of aromatic nitrogens is 1. The number of nitrogens with zero attached hydrogens (tertiary/aromatic N) is 2. The van der Waals surface area contributed by atoms with Gasteiger partial charge in [0.1, 0.15) is 0 Å². The van der Waals surface area contributed by atoms with Crippen molar-refractivity contribution in [2.45, 2.75) is 56.1 Å². The van der Waals surface area contributed by atoms with E-state index in [-0.39, 0.29) is 34.9 Å². The van der Waals surface area contributed by atoms with E-state index in [0.29, 0.717) is 23.1 Å². The SMILES string of the molecule is CCS(=O)(=O)c1ccc(CC(=O)Nc2nc3c(s2)CN(Cc2cccc(S(C)(=O)=O)c2)[C@@H]3C(C)C)cc1. The average Bonchev–Trinajstić information content (AvgIpc) is 3.35. The number of hydrogen-bond donors (Lipinski definition) is 1. The van der Waals surface area contributed by atoms with Gasteiger partial charge in [0.05, 0.1) is 33.7 Å². The molecule has 3 aromatic rings. The van der Waals surface area contributed by atoms with Crippen LogP contribution in [0.15, 0.2) is 58.3 Å². The number of benzene rings is 2. The summed E-state index contributed by atoms with van der Waals surface area (Å²) in [6, 6.07) is 13.5. The van der Waals surface area contributed by atoms with Crippen LogP contribution >= 0.6 is 11.3 Å². The Bertz CT molecular complexity index is 1510. The maximum Gasteiger partial charge on any atom is 0.230 e. The Kier molecular flexibility index (Phi) is 7.89. The van der Waals surface area contributed by atoms with E-state index >= 15 is 0 Å². The molecule has 1 atom stereocenters. The molecule has 2 heterocycles. The number of fused-ring (bicyclic) bond motifs is 1. The molecule has 0 spiro atoms. The molecule has 0 saturated heterocycles. The molecule has 1 N–H and O–H groups in total. The predicted octanol–water partition coefficient (Wildman–Crippen LogP) is 4.23. The lowest BCUT2D eigenvalue weighted by atomic mass is 10.0. The van der Waals surface area contributed by atoms with Gasteiger partial charge in [-0.05, 0) is 41.3 Å². The first kappa shape index (κ1) is 27.4. The molecule has 0 aliphatic carbocycles. The molecule has 1 aromatic heterocycles. The Hall–Kier alpha value is -2.60. The molecule has 0 saturated carbocycles. The molecule has 2 aromatic carbocycles. The summed E-state index contributed by atoms with van der Waals surface area (Å²) in [7, 11) is -6.55. The van der Waals surface area contributed by atoms with E-state index in [1.165, 1.54) is 29.7 Å². The van der Waals surface area contributed by atoms with E-state index in [0.717, 1.165) is 21.7 Å². The lowest BCUT2D eigenvalue weighted by Crippen LogP contribution is -2.26. The van der Waals surface area contributed by atoms with E-state index < -0.39 is 19.7 Å². The first-order valence-corrected chi connectivity index (χ1v) is 16.4. The quantitative estimate of drug-likeness (QED) is 0.416. The number of hydrogen-bond acceptors (Lipinski definition) is 8. The first-order valence-electron chi connectivity index (χ1n) is 12.0. The molecule has 0 radical (unpaired) electrons. The van der Waals surface area contributed by atoms with Gasteiger partial charge in [0.25, 0.3) is 0 Å². The summed E-state index contributed by atoms with van der Waals surface area (Å²) >= 11 is 1.45. The van der Waals surface area contributed by atoms with Crippen LogP contribution in [0, 0.1) is 5.92 Å². The fraction of sp³-hybridized carbons (Fsp3) is 0.385. The molecule has 11 heteroatoms. The van der Waals surface area contributed by atoms with Crippen molar-refractivity contribution < 1.29 is 21.6 Å². The Balaban J connectivity index is 1.44. The second-order valence-corrected chi connectivity index (χ2v) is 15.0. The largest absolute Gasteiger partial charge is 0.302 e. The van der Waals surface area contributed by atoms with Crippen LogP contribution in [0.25, 0.3) is 0 Å². The van der Waals surface area contributed by atoms with Crippen molar-refractivity contribution in [2.24, 2.45) is 5.92 Å². The van der Waals surface area contributed by atoms with Crippen molar-refractivity contribution in [3.05, 3.63) is 70.2 Å². The summed E-state index contributed by atoms with van der Waals surface area (Å²) in [5, 5.41) is 3.43. The zero-order valence-electron chi connectivity index (χ0n) is 21.3. The fourth-order valence-electron chi connectivity index (χ4n) is 4.55. The highest BCUT2D eigenvalue weighted by atomic mass is 32.2. The molecular formula is C26H31N3O5S3. The standard InChI is InChI=1S/C26H31N3O5S3/c1-5-37(33,34)20-11-9-18(10-12-20)14-23(30)27-26-28-24-22(35-26)16-29(25(24)17(2)3)15-19-7-6-8-21(13-19)36(4,31)32/h6-13,17,25H,5,14-16H2,1-4H3,(H,27,28,30)/t25-/m1/s1. The number of rotatable bonds is 9. The van der Waals surface area contributed by atoms with Crippen LogP contribution in [0.2, 0.25) is 0 Å². The van der Waals surface area contributed by atoms with E-state index in [4.69, 9.17) is 4.98 Å². The minimum absolute atomic E-state index is 0.0311. The summed E-state index contributed by atoms with van der Waals surface area (Å²) in [5.74, 6) is 0.0839. The molecule has 1 aliphatic heterocycles. The summed E-state index contributed by atoms with van der Waals surface area (Å²) in [5.41, 5.74) is 2.60. The number of carbonyl (C=O) groups is 1. The van der Waals surface area contributed by atoms with Crippen LogP contribution in [0.5, 0.6) is 0 Å². The van der Waals surface area contributed by atoms with Gasteiger partial charge >= 0.3 is 0 Å². The number of anilines is 1. The molecule has 1 aliphatic rings. The van der Waals surface area contributed by atoms with Gasteiger partial charge in [-0.3, -0.25) is 9.69 Å². The summed E-state index contributed by atoms with van der Waals surface area (Å²) < 4.78 is 47.9. The highest BCUT2D eigenvalue weighted by molar-refractivity contribution is 7.91. The van der Waals surface area contributed by atoms with Crippen LogP contribution in [-0.4, -0.2) is 44.6 Å². The van der Waals surface area contributed by atoms with Crippen LogP contribution in [0.1, 0.15) is 48.5 Å². The van der Waals surface area contributed by atoms with Crippen LogP contribution < -0.4 is 5.32 Å². The molecular weight excluding hydrogens is 531 g/mol. The van der Waals surface area contributed by atoms with Crippen molar-refractivity contribution in [3.8, 4) is 0 Å². The maximum atomic E-state index is 12.7. The summed E-state index contributed by atoms with van der Waals surface area (Å²) in [6.45, 7) is 7.11. The third-order valence-corrected chi connectivity index (χ3v) is 10.2. The number of nitrogens with one attached hydrogen (secondary N) is 1. The van der Waals surface area contributed by atoms with Crippen molar-refractivity contribution in [1.29, 1.82) is 0 Å². The zero-order valence-corrected chi connectivity index (χ0v) is 23.7. The number of amides is 1. The van der Waals surface area contributed by atoms with Crippen molar-refractivity contribution in [2.75, 3.05) is 17.3 Å². The topological polar surface area (TPSA) is 114 Å². The molecule has 4 rings (SSSR count). The minimum Gasteiger partial charge on any atom is -0.302 e. The maximum absolute atomic E-state index is 12.7. The van der Waals surface area contributed by atoms with Crippen LogP contribution in [-0.2, 0) is 44.0 Å². The lowest BCUT2D eigenvalue weighted by molar-refractivity contribution is -0.115. The van der Waals surface area contributed by atoms with Gasteiger partial charge in [-0.25, -0.2) is 21.8 Å². The number of thiazole rings is 1. The molecule has 0 unspecified atom stereocenters. The highest BCUT2D eigenvalue weighted by Gasteiger charge is 2.36. The van der Waals surface area contributed by atoms with Gasteiger partial charge in [0, 0.05) is 24.2 Å². The molecule has 0 fully saturated rings. The Morgan fingerprint density at radius 2 is 1.78 bits per heavy atom. The highest BCUT2D eigenvalue weighted by Crippen LogP contribution is 2.43. The smallest absolute Gasteiger partial charge is 0.230 e. The minimum atomic E-state index is -3.28. The van der Waals surface area contributed by atoms with E-state index in [1.807, 2.05) is 6.07 Å². The third kappa shape index (κ3) is 6.28. The van der Waals surface area contributed by atoms with Crippen LogP contribution in [0.4, 0.5) is 5.13 Å². The fourth-order valence-corrected chi connectivity index (χ4v) is 7.17. The second kappa shape index (κ2) is 10.6. The molecule has 37 heavy (non-hydrogen) atoms. The normalized spacial score (nSPS) is 16.2. The first-order chi connectivity index (χ1) is 17.4. The third-order valence-electron chi connectivity index (χ3n) is 6.37. The zero-order chi connectivity index (χ0) is 27.0. The number of carbonyl (C=O) groups excluding carboxylic acids is 1. The van der Waals surface area contributed by atoms with Gasteiger partial charge in [-0.2, -0.15) is 0 Å². The summed E-state index contributed by atoms with van der Waals surface area (Å²) in [4.78, 5) is 21.3. The van der Waals surface area contributed by atoms with Crippen molar-refractivity contribution in [1.82, 2.24) is 9.88 Å². The Labute approximate surface area is 222 Å². The Morgan fingerprint density at radius 1 is 1.08 bits per heavy atom.